The second-order valence-electron chi connectivity index (χ2n) is 2.93. The molecule has 0 amide bonds. The Labute approximate surface area is 101 Å². The van der Waals surface area contributed by atoms with E-state index in [4.69, 9.17) is 23.4 Å². The van der Waals surface area contributed by atoms with Crippen LogP contribution in [0.25, 0.3) is 11.4 Å². The molecule has 1 aromatic heterocycles. The molecule has 0 unspecified atom stereocenters. The van der Waals surface area contributed by atoms with Crippen LogP contribution in [0.15, 0.2) is 29.1 Å². The molecule has 0 aliphatic carbocycles. The summed E-state index contributed by atoms with van der Waals surface area (Å²) in [5.74, 6) is 0.426. The van der Waals surface area contributed by atoms with Gasteiger partial charge in [0.2, 0.25) is 5.95 Å². The number of hydrogen-bond acceptors (Lipinski definition) is 4. The second-order valence-corrected chi connectivity index (χ2v) is 3.55. The van der Waals surface area contributed by atoms with E-state index in [-0.39, 0.29) is 5.95 Å². The molecule has 0 spiro atoms. The SMILES string of the molecule is O=c1nc(NCl)nc(-c2ccc(Cl)cc2)[nH]1. The van der Waals surface area contributed by atoms with Gasteiger partial charge in [-0.25, -0.2) is 4.79 Å². The molecule has 1 heterocycles. The van der Waals surface area contributed by atoms with Gasteiger partial charge in [-0.05, 0) is 24.3 Å². The largest absolute Gasteiger partial charge is 0.349 e. The molecule has 2 rings (SSSR count). The van der Waals surface area contributed by atoms with E-state index in [0.29, 0.717) is 10.8 Å². The maximum absolute atomic E-state index is 11.2. The fourth-order valence-corrected chi connectivity index (χ4v) is 1.38. The number of halogens is 2. The molecule has 0 bridgehead atoms. The quantitative estimate of drug-likeness (QED) is 0.807. The monoisotopic (exact) mass is 256 g/mol. The lowest BCUT2D eigenvalue weighted by Gasteiger charge is -2.01. The fraction of sp³-hybridized carbons (Fsp3) is 0. The predicted molar refractivity (Wildman–Crippen MR) is 62.6 cm³/mol. The van der Waals surface area contributed by atoms with Crippen LogP contribution < -0.4 is 10.5 Å². The Kier molecular flexibility index (Phi) is 3.07. The molecule has 2 aromatic rings. The van der Waals surface area contributed by atoms with E-state index in [1.807, 2.05) is 0 Å². The van der Waals surface area contributed by atoms with Crippen molar-refractivity contribution in [2.75, 3.05) is 4.84 Å². The number of H-pyrrole nitrogens is 1. The molecule has 0 fully saturated rings. The summed E-state index contributed by atoms with van der Waals surface area (Å²) >= 11 is 11.1. The summed E-state index contributed by atoms with van der Waals surface area (Å²) in [7, 11) is 0. The molecule has 5 nitrogen and oxygen atoms in total. The third-order valence-electron chi connectivity index (χ3n) is 1.85. The van der Waals surface area contributed by atoms with Crippen LogP contribution >= 0.6 is 23.4 Å². The Morgan fingerprint density at radius 1 is 1.19 bits per heavy atom. The number of nitrogens with zero attached hydrogens (tertiary/aromatic N) is 2. The second kappa shape index (κ2) is 4.51. The fourth-order valence-electron chi connectivity index (χ4n) is 1.17. The normalized spacial score (nSPS) is 10.1. The van der Waals surface area contributed by atoms with Crippen molar-refractivity contribution in [3.05, 3.63) is 39.8 Å². The van der Waals surface area contributed by atoms with Gasteiger partial charge >= 0.3 is 5.69 Å². The van der Waals surface area contributed by atoms with Gasteiger partial charge in [0.05, 0.1) is 0 Å². The van der Waals surface area contributed by atoms with Gasteiger partial charge in [0, 0.05) is 22.4 Å². The van der Waals surface area contributed by atoms with Gasteiger partial charge in [-0.1, -0.05) is 11.6 Å². The zero-order chi connectivity index (χ0) is 11.5. The minimum atomic E-state index is -0.525. The van der Waals surface area contributed by atoms with Crippen molar-refractivity contribution >= 4 is 29.3 Å². The van der Waals surface area contributed by atoms with Crippen molar-refractivity contribution < 1.29 is 0 Å². The molecule has 0 saturated heterocycles. The first-order valence-electron chi connectivity index (χ1n) is 4.30. The molecule has 2 N–H and O–H groups in total. The molecule has 0 radical (unpaired) electrons. The zero-order valence-corrected chi connectivity index (χ0v) is 9.38. The van der Waals surface area contributed by atoms with Crippen LogP contribution in [0.1, 0.15) is 0 Å². The first kappa shape index (κ1) is 10.9. The number of anilines is 1. The predicted octanol–water partition coefficient (Wildman–Crippen LogP) is 2.05. The number of aromatic amines is 1. The molecule has 82 valence electrons. The van der Waals surface area contributed by atoms with Crippen LogP contribution in [0.5, 0.6) is 0 Å². The summed E-state index contributed by atoms with van der Waals surface area (Å²) in [6.07, 6.45) is 0. The molecular formula is C9H6Cl2N4O. The van der Waals surface area contributed by atoms with E-state index in [9.17, 15) is 4.79 Å². The van der Waals surface area contributed by atoms with Crippen LogP contribution in [0, 0.1) is 0 Å². The van der Waals surface area contributed by atoms with E-state index in [2.05, 4.69) is 19.8 Å². The Morgan fingerprint density at radius 3 is 2.50 bits per heavy atom. The lowest BCUT2D eigenvalue weighted by Crippen LogP contribution is -2.14. The van der Waals surface area contributed by atoms with Crippen LogP contribution in [-0.2, 0) is 0 Å². The van der Waals surface area contributed by atoms with Gasteiger partial charge < -0.3 is 0 Å². The highest BCUT2D eigenvalue weighted by molar-refractivity contribution is 6.30. The summed E-state index contributed by atoms with van der Waals surface area (Å²) in [6, 6.07) is 6.87. The Balaban J connectivity index is 2.51. The van der Waals surface area contributed by atoms with Crippen molar-refractivity contribution in [1.82, 2.24) is 15.0 Å². The molecule has 1 aromatic carbocycles. The summed E-state index contributed by atoms with van der Waals surface area (Å²) < 4.78 is 0. The van der Waals surface area contributed by atoms with Gasteiger partial charge in [-0.2, -0.15) is 9.97 Å². The molecule has 7 heteroatoms. The van der Waals surface area contributed by atoms with E-state index in [0.717, 1.165) is 5.56 Å². The van der Waals surface area contributed by atoms with Gasteiger partial charge in [0.15, 0.2) is 0 Å². The molecule has 0 saturated carbocycles. The Hall–Kier alpha value is -1.59. The molecule has 16 heavy (non-hydrogen) atoms. The first-order valence-corrected chi connectivity index (χ1v) is 5.05. The van der Waals surface area contributed by atoms with E-state index < -0.39 is 5.69 Å². The van der Waals surface area contributed by atoms with Crippen LogP contribution in [0.2, 0.25) is 5.02 Å². The van der Waals surface area contributed by atoms with Crippen LogP contribution in [0.4, 0.5) is 5.95 Å². The van der Waals surface area contributed by atoms with E-state index in [1.165, 1.54) is 0 Å². The maximum Gasteiger partial charge on any atom is 0.349 e. The smallest absolute Gasteiger partial charge is 0.290 e. The first-order chi connectivity index (χ1) is 7.69. The third kappa shape index (κ3) is 2.32. The lowest BCUT2D eigenvalue weighted by molar-refractivity contribution is 1.01. The average Bonchev–Trinajstić information content (AvgIpc) is 2.29. The van der Waals surface area contributed by atoms with E-state index >= 15 is 0 Å². The minimum Gasteiger partial charge on any atom is -0.290 e. The van der Waals surface area contributed by atoms with Crippen molar-refractivity contribution in [1.29, 1.82) is 0 Å². The van der Waals surface area contributed by atoms with Crippen molar-refractivity contribution in [2.24, 2.45) is 0 Å². The van der Waals surface area contributed by atoms with Gasteiger partial charge in [0.1, 0.15) is 5.82 Å². The van der Waals surface area contributed by atoms with Crippen LogP contribution in [-0.4, -0.2) is 15.0 Å². The number of nitrogens with one attached hydrogen (secondary N) is 2. The minimum absolute atomic E-state index is 0.0513. The van der Waals surface area contributed by atoms with Gasteiger partial charge in [0.25, 0.3) is 0 Å². The summed E-state index contributed by atoms with van der Waals surface area (Å²) in [5, 5.41) is 0.607. The number of benzene rings is 1. The maximum atomic E-state index is 11.2. The zero-order valence-electron chi connectivity index (χ0n) is 7.87. The number of hydrogen-bond donors (Lipinski definition) is 2. The summed E-state index contributed by atoms with van der Waals surface area (Å²) in [6.45, 7) is 0. The average molecular weight is 257 g/mol. The molecule has 0 aliphatic rings. The topological polar surface area (TPSA) is 70.7 Å². The van der Waals surface area contributed by atoms with Crippen molar-refractivity contribution in [3.63, 3.8) is 0 Å². The highest BCUT2D eigenvalue weighted by Crippen LogP contribution is 2.17. The highest BCUT2D eigenvalue weighted by Gasteiger charge is 2.04. The summed E-state index contributed by atoms with van der Waals surface area (Å²) in [4.78, 5) is 23.4. The van der Waals surface area contributed by atoms with Crippen LogP contribution in [0.3, 0.4) is 0 Å². The Bertz CT molecular complexity index is 552. The van der Waals surface area contributed by atoms with E-state index in [1.54, 1.807) is 24.3 Å². The summed E-state index contributed by atoms with van der Waals surface area (Å²) in [5.41, 5.74) is 0.195. The third-order valence-corrected chi connectivity index (χ3v) is 2.27. The van der Waals surface area contributed by atoms with Gasteiger partial charge in [-0.15, -0.1) is 0 Å². The number of aromatic nitrogens is 3. The lowest BCUT2D eigenvalue weighted by atomic mass is 10.2. The molecular weight excluding hydrogens is 251 g/mol. The number of rotatable bonds is 2. The molecule has 0 aliphatic heterocycles. The van der Waals surface area contributed by atoms with Crippen molar-refractivity contribution in [3.8, 4) is 11.4 Å². The van der Waals surface area contributed by atoms with Gasteiger partial charge in [-0.3, -0.25) is 9.82 Å². The molecule has 0 atom stereocenters. The standard InChI is InChI=1S/C9H6Cl2N4O/c10-6-3-1-5(2-4-6)7-12-8(15-11)14-9(16)13-7/h1-4H,(H2,12,13,14,15,16). The highest BCUT2D eigenvalue weighted by atomic mass is 35.5. The Morgan fingerprint density at radius 2 is 1.88 bits per heavy atom. The van der Waals surface area contributed by atoms with Crippen molar-refractivity contribution in [2.45, 2.75) is 0 Å².